The molecule has 0 radical (unpaired) electrons. The van der Waals surface area contributed by atoms with E-state index in [1.165, 1.54) is 0 Å². The van der Waals surface area contributed by atoms with E-state index in [-0.39, 0.29) is 11.7 Å². The lowest BCUT2D eigenvalue weighted by Crippen LogP contribution is -2.11. The minimum Gasteiger partial charge on any atom is -0.397 e. The zero-order valence-electron chi connectivity index (χ0n) is 11.1. The molecular weight excluding hydrogens is 260 g/mol. The lowest BCUT2D eigenvalue weighted by molar-refractivity contribution is 0.582. The minimum absolute atomic E-state index is 0.0946. The van der Waals surface area contributed by atoms with E-state index in [9.17, 15) is 8.42 Å². The van der Waals surface area contributed by atoms with Crippen LogP contribution in [0.25, 0.3) is 10.8 Å². The summed E-state index contributed by atoms with van der Waals surface area (Å²) < 4.78 is 24.4. The molecule has 5 heteroatoms. The summed E-state index contributed by atoms with van der Waals surface area (Å²) >= 11 is 0. The molecule has 4 nitrogen and oxygen atoms in total. The zero-order chi connectivity index (χ0) is 14.2. The van der Waals surface area contributed by atoms with Crippen molar-refractivity contribution in [1.29, 1.82) is 0 Å². The van der Waals surface area contributed by atoms with Gasteiger partial charge in [0, 0.05) is 0 Å². The number of hydrogen-bond donors (Lipinski definition) is 2. The largest absolute Gasteiger partial charge is 0.397 e. The van der Waals surface area contributed by atoms with Crippen LogP contribution >= 0.6 is 0 Å². The molecule has 0 aliphatic heterocycles. The first-order valence-electron chi connectivity index (χ1n) is 6.11. The van der Waals surface area contributed by atoms with Crippen LogP contribution in [0, 0.1) is 5.92 Å². The molecule has 0 saturated carbocycles. The van der Waals surface area contributed by atoms with Crippen LogP contribution in [0.15, 0.2) is 35.2 Å². The van der Waals surface area contributed by atoms with Crippen LogP contribution in [0.5, 0.6) is 0 Å². The summed E-state index contributed by atoms with van der Waals surface area (Å²) in [5.74, 6) is 0.236. The first-order valence-corrected chi connectivity index (χ1v) is 7.76. The van der Waals surface area contributed by atoms with Crippen LogP contribution in [0.2, 0.25) is 0 Å². The van der Waals surface area contributed by atoms with Crippen molar-refractivity contribution >= 4 is 32.0 Å². The second-order valence-electron chi connectivity index (χ2n) is 5.17. The summed E-state index contributed by atoms with van der Waals surface area (Å²) in [5, 5.41) is 1.67. The van der Waals surface area contributed by atoms with Gasteiger partial charge in [0.15, 0.2) is 9.84 Å². The minimum atomic E-state index is -3.25. The molecule has 2 rings (SSSR count). The van der Waals surface area contributed by atoms with Gasteiger partial charge in [0.25, 0.3) is 0 Å². The molecule has 0 unspecified atom stereocenters. The Kier molecular flexibility index (Phi) is 3.41. The van der Waals surface area contributed by atoms with Gasteiger partial charge in [-0.15, -0.1) is 0 Å². The number of rotatable bonds is 3. The van der Waals surface area contributed by atoms with E-state index in [1.807, 2.05) is 13.8 Å². The molecule has 0 amide bonds. The van der Waals surface area contributed by atoms with E-state index in [0.29, 0.717) is 16.3 Å². The molecule has 0 bridgehead atoms. The lowest BCUT2D eigenvalue weighted by Gasteiger charge is -2.09. The topological polar surface area (TPSA) is 86.2 Å². The molecule has 0 aliphatic carbocycles. The Labute approximate surface area is 113 Å². The predicted molar refractivity (Wildman–Crippen MR) is 79.7 cm³/mol. The van der Waals surface area contributed by atoms with E-state index >= 15 is 0 Å². The fraction of sp³-hybridized carbons (Fsp3) is 0.286. The van der Waals surface area contributed by atoms with E-state index in [2.05, 4.69) is 0 Å². The Morgan fingerprint density at radius 1 is 1.00 bits per heavy atom. The Balaban J connectivity index is 2.56. The van der Waals surface area contributed by atoms with Crippen molar-refractivity contribution in [3.8, 4) is 0 Å². The third-order valence-corrected chi connectivity index (χ3v) is 5.00. The summed E-state index contributed by atoms with van der Waals surface area (Å²) in [6.45, 7) is 3.77. The highest BCUT2D eigenvalue weighted by Gasteiger charge is 2.16. The monoisotopic (exact) mass is 278 g/mol. The third-order valence-electron chi connectivity index (χ3n) is 2.93. The van der Waals surface area contributed by atoms with E-state index in [0.717, 1.165) is 10.8 Å². The molecule has 0 saturated heterocycles. The molecule has 0 heterocycles. The van der Waals surface area contributed by atoms with E-state index in [4.69, 9.17) is 11.5 Å². The van der Waals surface area contributed by atoms with Gasteiger partial charge < -0.3 is 11.5 Å². The van der Waals surface area contributed by atoms with Gasteiger partial charge in [-0.25, -0.2) is 8.42 Å². The molecule has 19 heavy (non-hydrogen) atoms. The lowest BCUT2D eigenvalue weighted by atomic mass is 10.1. The van der Waals surface area contributed by atoms with Crippen molar-refractivity contribution in [3.63, 3.8) is 0 Å². The summed E-state index contributed by atoms with van der Waals surface area (Å²) in [6.07, 6.45) is 0. The van der Waals surface area contributed by atoms with Gasteiger partial charge in [0.1, 0.15) is 0 Å². The van der Waals surface area contributed by atoms with Crippen molar-refractivity contribution in [2.24, 2.45) is 5.92 Å². The number of nitrogen functional groups attached to an aromatic ring is 2. The van der Waals surface area contributed by atoms with Crippen molar-refractivity contribution in [2.75, 3.05) is 17.2 Å². The van der Waals surface area contributed by atoms with Gasteiger partial charge in [-0.2, -0.15) is 0 Å². The molecule has 2 aromatic carbocycles. The van der Waals surface area contributed by atoms with Crippen LogP contribution in [-0.4, -0.2) is 14.2 Å². The van der Waals surface area contributed by atoms with Crippen molar-refractivity contribution in [1.82, 2.24) is 0 Å². The van der Waals surface area contributed by atoms with Crippen molar-refractivity contribution < 1.29 is 8.42 Å². The Hall–Kier alpha value is -1.75. The van der Waals surface area contributed by atoms with Crippen LogP contribution < -0.4 is 11.5 Å². The van der Waals surface area contributed by atoms with Gasteiger partial charge in [-0.3, -0.25) is 0 Å². The fourth-order valence-electron chi connectivity index (χ4n) is 2.04. The first-order chi connectivity index (χ1) is 8.79. The first kappa shape index (κ1) is 13.7. The maximum atomic E-state index is 12.2. The quantitative estimate of drug-likeness (QED) is 0.844. The fourth-order valence-corrected chi connectivity index (χ4v) is 3.69. The number of anilines is 2. The Morgan fingerprint density at radius 2 is 1.58 bits per heavy atom. The predicted octanol–water partition coefficient (Wildman–Crippen LogP) is 2.43. The standard InChI is InChI=1S/C14H18N2O2S/c1-9(2)8-19(17,18)12-4-3-10-6-13(15)14(16)7-11(10)5-12/h3-7,9H,8,15-16H2,1-2H3. The van der Waals surface area contributed by atoms with Gasteiger partial charge in [0.2, 0.25) is 0 Å². The smallest absolute Gasteiger partial charge is 0.178 e. The molecule has 4 N–H and O–H groups in total. The summed E-state index contributed by atoms with van der Waals surface area (Å²) in [5.41, 5.74) is 12.5. The summed E-state index contributed by atoms with van der Waals surface area (Å²) in [6, 6.07) is 8.50. The second-order valence-corrected chi connectivity index (χ2v) is 7.20. The molecule has 0 aromatic heterocycles. The average Bonchev–Trinajstić information content (AvgIpc) is 2.28. The SMILES string of the molecule is CC(C)CS(=O)(=O)c1ccc2cc(N)c(N)cc2c1. The average molecular weight is 278 g/mol. The maximum absolute atomic E-state index is 12.2. The second kappa shape index (κ2) is 4.74. The molecule has 0 atom stereocenters. The molecule has 102 valence electrons. The zero-order valence-corrected chi connectivity index (χ0v) is 11.9. The van der Waals surface area contributed by atoms with Gasteiger partial charge >= 0.3 is 0 Å². The van der Waals surface area contributed by atoms with Crippen LogP contribution in [-0.2, 0) is 9.84 Å². The number of sulfone groups is 1. The van der Waals surface area contributed by atoms with Crippen molar-refractivity contribution in [3.05, 3.63) is 30.3 Å². The highest BCUT2D eigenvalue weighted by Crippen LogP contribution is 2.26. The van der Waals surface area contributed by atoms with E-state index < -0.39 is 9.84 Å². The Bertz CT molecular complexity index is 722. The Morgan fingerprint density at radius 3 is 2.16 bits per heavy atom. The molecule has 0 fully saturated rings. The number of nitrogens with two attached hydrogens (primary N) is 2. The molecular formula is C14H18N2O2S. The van der Waals surface area contributed by atoms with E-state index in [1.54, 1.807) is 30.3 Å². The van der Waals surface area contributed by atoms with Crippen LogP contribution in [0.1, 0.15) is 13.8 Å². The van der Waals surface area contributed by atoms with Gasteiger partial charge in [0.05, 0.1) is 22.0 Å². The normalized spacial score (nSPS) is 12.2. The maximum Gasteiger partial charge on any atom is 0.178 e. The third kappa shape index (κ3) is 2.81. The number of fused-ring (bicyclic) bond motifs is 1. The molecule has 0 spiro atoms. The summed E-state index contributed by atoms with van der Waals surface area (Å²) in [7, 11) is -3.25. The number of hydrogen-bond acceptors (Lipinski definition) is 4. The highest BCUT2D eigenvalue weighted by molar-refractivity contribution is 7.91. The van der Waals surface area contributed by atoms with Gasteiger partial charge in [-0.1, -0.05) is 19.9 Å². The van der Waals surface area contributed by atoms with Crippen LogP contribution in [0.3, 0.4) is 0 Å². The summed E-state index contributed by atoms with van der Waals surface area (Å²) in [4.78, 5) is 0.331. The molecule has 2 aromatic rings. The van der Waals surface area contributed by atoms with Crippen molar-refractivity contribution in [2.45, 2.75) is 18.7 Å². The number of benzene rings is 2. The molecule has 0 aliphatic rings. The highest BCUT2D eigenvalue weighted by atomic mass is 32.2. The van der Waals surface area contributed by atoms with Crippen LogP contribution in [0.4, 0.5) is 11.4 Å². The van der Waals surface area contributed by atoms with Gasteiger partial charge in [-0.05, 0) is 41.0 Å².